The topological polar surface area (TPSA) is 62.9 Å². The molecule has 0 N–H and O–H groups in total. The fourth-order valence-electron chi connectivity index (χ4n) is 3.34. The quantitative estimate of drug-likeness (QED) is 0.758. The van der Waals surface area contributed by atoms with Gasteiger partial charge in [-0.2, -0.15) is 10.2 Å². The van der Waals surface area contributed by atoms with Crippen LogP contribution in [0.15, 0.2) is 22.8 Å². The molecule has 1 unspecified atom stereocenters. The van der Waals surface area contributed by atoms with Crippen LogP contribution in [0.1, 0.15) is 56.7 Å². The van der Waals surface area contributed by atoms with Crippen LogP contribution in [-0.2, 0) is 11.8 Å². The second kappa shape index (κ2) is 6.53. The van der Waals surface area contributed by atoms with Crippen LogP contribution >= 0.6 is 0 Å². The van der Waals surface area contributed by atoms with Crippen molar-refractivity contribution in [2.24, 2.45) is 17.3 Å². The Morgan fingerprint density at radius 1 is 1.43 bits per heavy atom. The minimum absolute atomic E-state index is 0.137. The molecule has 6 nitrogen and oxygen atoms in total. The maximum absolute atomic E-state index is 12.7. The van der Waals surface area contributed by atoms with E-state index in [1.54, 1.807) is 6.33 Å². The van der Waals surface area contributed by atoms with Gasteiger partial charge in [-0.15, -0.1) is 12.3 Å². The number of likely N-dealkylation sites (tertiary alicyclic amines) is 1. The molecule has 1 aromatic heterocycles. The highest BCUT2D eigenvalue weighted by atomic mass is 16.2. The average Bonchev–Trinajstić information content (AvgIpc) is 3.23. The number of imidazole rings is 1. The van der Waals surface area contributed by atoms with Gasteiger partial charge in [0.25, 0.3) is 0 Å². The number of hydrogen-bond acceptors (Lipinski definition) is 4. The summed E-state index contributed by atoms with van der Waals surface area (Å²) in [6.45, 7) is 0.820. The summed E-state index contributed by atoms with van der Waals surface area (Å²) in [6, 6.07) is 0.137. The van der Waals surface area contributed by atoms with E-state index in [2.05, 4.69) is 21.1 Å². The lowest BCUT2D eigenvalue weighted by Crippen LogP contribution is -2.39. The second-order valence-electron chi connectivity index (χ2n) is 6.41. The van der Waals surface area contributed by atoms with Crippen LogP contribution in [0.4, 0.5) is 0 Å². The Labute approximate surface area is 137 Å². The van der Waals surface area contributed by atoms with Crippen molar-refractivity contribution in [2.75, 3.05) is 6.54 Å². The maximum atomic E-state index is 12.7. The van der Waals surface area contributed by atoms with Crippen LogP contribution in [0.25, 0.3) is 0 Å². The molecule has 2 aliphatic rings. The number of carbonyl (C=O) groups excluding carboxylic acids is 1. The lowest BCUT2D eigenvalue weighted by atomic mass is 9.97. The van der Waals surface area contributed by atoms with E-state index in [-0.39, 0.29) is 17.6 Å². The van der Waals surface area contributed by atoms with Gasteiger partial charge in [0, 0.05) is 39.3 Å². The van der Waals surface area contributed by atoms with Gasteiger partial charge in [0.05, 0.1) is 24.3 Å². The zero-order chi connectivity index (χ0) is 16.3. The van der Waals surface area contributed by atoms with E-state index in [4.69, 9.17) is 6.42 Å². The molecule has 2 aliphatic heterocycles. The number of aryl methyl sites for hydroxylation is 1. The molecule has 3 heterocycles. The van der Waals surface area contributed by atoms with Gasteiger partial charge in [0.1, 0.15) is 0 Å². The van der Waals surface area contributed by atoms with Crippen molar-refractivity contribution in [1.29, 1.82) is 0 Å². The van der Waals surface area contributed by atoms with Crippen molar-refractivity contribution in [3.8, 4) is 12.3 Å². The highest BCUT2D eigenvalue weighted by Crippen LogP contribution is 2.38. The van der Waals surface area contributed by atoms with E-state index in [9.17, 15) is 4.79 Å². The molecule has 1 fully saturated rings. The Balaban J connectivity index is 1.61. The molecule has 0 bridgehead atoms. The molecule has 3 rings (SSSR count). The van der Waals surface area contributed by atoms with Crippen molar-refractivity contribution < 1.29 is 4.79 Å². The molecule has 1 saturated heterocycles. The van der Waals surface area contributed by atoms with Gasteiger partial charge < -0.3 is 9.47 Å². The molecule has 0 spiro atoms. The van der Waals surface area contributed by atoms with Crippen LogP contribution in [0.5, 0.6) is 0 Å². The molecule has 1 aromatic rings. The normalized spacial score (nSPS) is 21.9. The molecular formula is C17H23N5O. The number of amides is 1. The fraction of sp³-hybridized carbons (Fsp3) is 0.647. The Morgan fingerprint density at radius 3 is 2.91 bits per heavy atom. The van der Waals surface area contributed by atoms with Gasteiger partial charge in [-0.3, -0.25) is 4.79 Å². The summed E-state index contributed by atoms with van der Waals surface area (Å²) in [5, 5.41) is 8.23. The zero-order valence-electron chi connectivity index (χ0n) is 13.6. The largest absolute Gasteiger partial charge is 0.336 e. The SMILES string of the molecule is C#CCCC1(CCC(=O)N2CCCCC2c2cncn2C)N=N1. The van der Waals surface area contributed by atoms with E-state index in [0.29, 0.717) is 19.3 Å². The minimum atomic E-state index is -0.375. The number of terminal acetylenes is 1. The lowest BCUT2D eigenvalue weighted by Gasteiger charge is -2.36. The van der Waals surface area contributed by atoms with Crippen LogP contribution in [0.3, 0.4) is 0 Å². The summed E-state index contributed by atoms with van der Waals surface area (Å²) < 4.78 is 2.01. The predicted molar refractivity (Wildman–Crippen MR) is 86.4 cm³/mol. The van der Waals surface area contributed by atoms with Gasteiger partial charge in [0.2, 0.25) is 5.91 Å². The molecule has 0 saturated carbocycles. The average molecular weight is 313 g/mol. The number of rotatable bonds is 6. The first kappa shape index (κ1) is 15.7. The van der Waals surface area contributed by atoms with E-state index >= 15 is 0 Å². The van der Waals surface area contributed by atoms with Gasteiger partial charge in [-0.1, -0.05) is 0 Å². The van der Waals surface area contributed by atoms with Crippen molar-refractivity contribution in [3.05, 3.63) is 18.2 Å². The number of piperidine rings is 1. The van der Waals surface area contributed by atoms with E-state index in [1.165, 1.54) is 0 Å². The first-order valence-corrected chi connectivity index (χ1v) is 8.28. The molecule has 1 atom stereocenters. The molecule has 1 amide bonds. The molecule has 122 valence electrons. The van der Waals surface area contributed by atoms with Crippen LogP contribution in [0, 0.1) is 12.3 Å². The van der Waals surface area contributed by atoms with Crippen molar-refractivity contribution in [2.45, 2.75) is 56.7 Å². The van der Waals surface area contributed by atoms with Crippen molar-refractivity contribution in [3.63, 3.8) is 0 Å². The highest BCUT2D eigenvalue weighted by molar-refractivity contribution is 5.77. The maximum Gasteiger partial charge on any atom is 0.223 e. The summed E-state index contributed by atoms with van der Waals surface area (Å²) in [5.74, 6) is 2.81. The van der Waals surface area contributed by atoms with Crippen molar-refractivity contribution in [1.82, 2.24) is 14.5 Å². The number of hydrogen-bond donors (Lipinski definition) is 0. The third kappa shape index (κ3) is 3.44. The van der Waals surface area contributed by atoms with Gasteiger partial charge in [-0.25, -0.2) is 4.98 Å². The summed E-state index contributed by atoms with van der Waals surface area (Å²) in [7, 11) is 1.98. The van der Waals surface area contributed by atoms with Gasteiger partial charge in [0.15, 0.2) is 5.66 Å². The minimum Gasteiger partial charge on any atom is -0.336 e. The summed E-state index contributed by atoms with van der Waals surface area (Å²) in [5.41, 5.74) is 0.737. The first-order valence-electron chi connectivity index (χ1n) is 8.28. The van der Waals surface area contributed by atoms with Crippen molar-refractivity contribution >= 4 is 5.91 Å². The summed E-state index contributed by atoms with van der Waals surface area (Å²) in [4.78, 5) is 18.9. The molecule has 23 heavy (non-hydrogen) atoms. The Kier molecular flexibility index (Phi) is 4.46. The fourth-order valence-corrected chi connectivity index (χ4v) is 3.34. The zero-order valence-corrected chi connectivity index (χ0v) is 13.6. The Morgan fingerprint density at radius 2 is 2.26 bits per heavy atom. The highest BCUT2D eigenvalue weighted by Gasteiger charge is 2.40. The van der Waals surface area contributed by atoms with E-state index in [1.807, 2.05) is 22.7 Å². The third-order valence-electron chi connectivity index (χ3n) is 4.81. The van der Waals surface area contributed by atoms with Gasteiger partial charge >= 0.3 is 0 Å². The second-order valence-corrected chi connectivity index (χ2v) is 6.41. The summed E-state index contributed by atoms with van der Waals surface area (Å²) in [6.07, 6.45) is 14.7. The molecule has 0 aromatic carbocycles. The summed E-state index contributed by atoms with van der Waals surface area (Å²) >= 11 is 0. The van der Waals surface area contributed by atoms with Crippen LogP contribution < -0.4 is 0 Å². The van der Waals surface area contributed by atoms with E-state index in [0.717, 1.165) is 37.9 Å². The van der Waals surface area contributed by atoms with Gasteiger partial charge in [-0.05, 0) is 19.3 Å². The molecular weight excluding hydrogens is 290 g/mol. The number of carbonyl (C=O) groups is 1. The molecule has 6 heteroatoms. The first-order chi connectivity index (χ1) is 11.2. The molecule has 0 radical (unpaired) electrons. The van der Waals surface area contributed by atoms with Crippen LogP contribution in [-0.4, -0.2) is 32.6 Å². The smallest absolute Gasteiger partial charge is 0.223 e. The van der Waals surface area contributed by atoms with Crippen LogP contribution in [0.2, 0.25) is 0 Å². The Hall–Kier alpha value is -2.16. The predicted octanol–water partition coefficient (Wildman–Crippen LogP) is 2.83. The Bertz CT molecular complexity index is 636. The lowest BCUT2D eigenvalue weighted by molar-refractivity contribution is -0.135. The standard InChI is InChI=1S/C17H23N5O/c1-3-4-9-17(19-20-17)10-8-16(23)22-11-6-5-7-14(22)15-12-18-13-21(15)2/h1,12-14H,4-11H2,2H3. The molecule has 0 aliphatic carbocycles. The monoisotopic (exact) mass is 313 g/mol. The van der Waals surface area contributed by atoms with E-state index < -0.39 is 0 Å². The number of aromatic nitrogens is 2. The number of nitrogens with zero attached hydrogens (tertiary/aromatic N) is 5. The third-order valence-corrected chi connectivity index (χ3v) is 4.81.